The van der Waals surface area contributed by atoms with Gasteiger partial charge in [0.2, 0.25) is 5.91 Å². The van der Waals surface area contributed by atoms with Crippen LogP contribution in [0.15, 0.2) is 12.7 Å². The van der Waals surface area contributed by atoms with Crippen LogP contribution in [0.5, 0.6) is 0 Å². The number of nitrogens with one attached hydrogen (secondary N) is 1. The quantitative estimate of drug-likeness (QED) is 0.651. The van der Waals surface area contributed by atoms with Gasteiger partial charge in [-0.25, -0.2) is 0 Å². The zero-order chi connectivity index (χ0) is 10.5. The van der Waals surface area contributed by atoms with Gasteiger partial charge in [-0.05, 0) is 12.3 Å². The van der Waals surface area contributed by atoms with Crippen molar-refractivity contribution in [3.63, 3.8) is 0 Å². The summed E-state index contributed by atoms with van der Waals surface area (Å²) in [5, 5.41) is 2.82. The van der Waals surface area contributed by atoms with Gasteiger partial charge in [0.05, 0.1) is 0 Å². The largest absolute Gasteiger partial charge is 0.352 e. The molecule has 1 amide bonds. The molecule has 1 N–H and O–H groups in total. The summed E-state index contributed by atoms with van der Waals surface area (Å²) in [6.45, 7) is 12.3. The summed E-state index contributed by atoms with van der Waals surface area (Å²) in [7, 11) is 0. The first-order valence-electron chi connectivity index (χ1n) is 4.79. The molecule has 0 aromatic rings. The second-order valence-electron chi connectivity index (χ2n) is 4.48. The summed E-state index contributed by atoms with van der Waals surface area (Å²) in [4.78, 5) is 11.6. The average molecular weight is 183 g/mol. The maximum atomic E-state index is 11.6. The van der Waals surface area contributed by atoms with Gasteiger partial charge in [0.1, 0.15) is 0 Å². The van der Waals surface area contributed by atoms with E-state index < -0.39 is 0 Å². The molecule has 0 bridgehead atoms. The minimum absolute atomic E-state index is 0.112. The molecule has 0 aliphatic rings. The van der Waals surface area contributed by atoms with Gasteiger partial charge in [0, 0.05) is 12.0 Å². The Bertz CT molecular complexity index is 183. The van der Waals surface area contributed by atoms with Crippen LogP contribution in [-0.4, -0.2) is 12.5 Å². The second kappa shape index (κ2) is 5.05. The minimum atomic E-state index is -0.267. The molecule has 13 heavy (non-hydrogen) atoms. The van der Waals surface area contributed by atoms with Crippen molar-refractivity contribution < 1.29 is 4.79 Å². The molecule has 0 rings (SSSR count). The van der Waals surface area contributed by atoms with Gasteiger partial charge in [-0.3, -0.25) is 4.79 Å². The van der Waals surface area contributed by atoms with Crippen LogP contribution in [0.2, 0.25) is 0 Å². The van der Waals surface area contributed by atoms with Crippen LogP contribution in [0.1, 0.15) is 34.1 Å². The van der Waals surface area contributed by atoms with E-state index in [-0.39, 0.29) is 11.3 Å². The third-order valence-corrected chi connectivity index (χ3v) is 1.94. The molecule has 0 fully saturated rings. The number of rotatable bonds is 5. The summed E-state index contributed by atoms with van der Waals surface area (Å²) < 4.78 is 0. The van der Waals surface area contributed by atoms with Crippen molar-refractivity contribution in [3.05, 3.63) is 12.7 Å². The van der Waals surface area contributed by atoms with E-state index in [4.69, 9.17) is 0 Å². The summed E-state index contributed by atoms with van der Waals surface area (Å²) in [6.07, 6.45) is 2.61. The molecular formula is C11H21NO. The molecule has 0 saturated carbocycles. The fourth-order valence-corrected chi connectivity index (χ4v) is 1.52. The Hall–Kier alpha value is -0.790. The van der Waals surface area contributed by atoms with Gasteiger partial charge in [-0.1, -0.05) is 33.8 Å². The highest BCUT2D eigenvalue weighted by molar-refractivity contribution is 5.81. The van der Waals surface area contributed by atoms with Crippen molar-refractivity contribution in [2.75, 3.05) is 6.54 Å². The lowest BCUT2D eigenvalue weighted by atomic mass is 9.83. The van der Waals surface area contributed by atoms with Crippen LogP contribution < -0.4 is 5.32 Å². The van der Waals surface area contributed by atoms with Crippen LogP contribution in [0.25, 0.3) is 0 Å². The third-order valence-electron chi connectivity index (χ3n) is 1.94. The van der Waals surface area contributed by atoms with Crippen LogP contribution in [-0.2, 0) is 4.79 Å². The number of hydrogen-bond donors (Lipinski definition) is 1. The van der Waals surface area contributed by atoms with Gasteiger partial charge in [-0.15, -0.1) is 6.58 Å². The van der Waals surface area contributed by atoms with E-state index >= 15 is 0 Å². The van der Waals surface area contributed by atoms with Crippen molar-refractivity contribution in [1.82, 2.24) is 5.32 Å². The van der Waals surface area contributed by atoms with Crippen molar-refractivity contribution in [1.29, 1.82) is 0 Å². The van der Waals surface area contributed by atoms with E-state index in [0.29, 0.717) is 12.5 Å². The average Bonchev–Trinajstić information content (AvgIpc) is 1.97. The summed E-state index contributed by atoms with van der Waals surface area (Å²) in [5.74, 6) is 0.658. The van der Waals surface area contributed by atoms with E-state index in [1.54, 1.807) is 6.08 Å². The molecule has 76 valence electrons. The molecule has 0 aromatic carbocycles. The Morgan fingerprint density at radius 2 is 2.08 bits per heavy atom. The Kier molecular flexibility index (Phi) is 4.74. The lowest BCUT2D eigenvalue weighted by molar-refractivity contribution is -0.129. The molecule has 2 nitrogen and oxygen atoms in total. The summed E-state index contributed by atoms with van der Waals surface area (Å²) in [5.41, 5.74) is -0.267. The molecule has 0 saturated heterocycles. The van der Waals surface area contributed by atoms with Crippen molar-refractivity contribution in [3.8, 4) is 0 Å². The van der Waals surface area contributed by atoms with Gasteiger partial charge in [0.25, 0.3) is 0 Å². The number of carbonyl (C=O) groups is 1. The summed E-state index contributed by atoms with van der Waals surface area (Å²) in [6, 6.07) is 0. The molecule has 0 heterocycles. The molecule has 0 radical (unpaired) electrons. The van der Waals surface area contributed by atoms with Gasteiger partial charge < -0.3 is 5.32 Å². The number of hydrogen-bond acceptors (Lipinski definition) is 1. The smallest absolute Gasteiger partial charge is 0.225 e. The zero-order valence-electron chi connectivity index (χ0n) is 9.18. The maximum Gasteiger partial charge on any atom is 0.225 e. The first-order chi connectivity index (χ1) is 5.90. The zero-order valence-corrected chi connectivity index (χ0v) is 9.18. The van der Waals surface area contributed by atoms with Crippen LogP contribution >= 0.6 is 0 Å². The number of carbonyl (C=O) groups excluding carboxylic acids is 1. The molecule has 2 heteroatoms. The van der Waals surface area contributed by atoms with E-state index in [1.807, 2.05) is 13.8 Å². The molecule has 0 aliphatic heterocycles. The first-order valence-corrected chi connectivity index (χ1v) is 4.79. The van der Waals surface area contributed by atoms with E-state index in [0.717, 1.165) is 6.42 Å². The second-order valence-corrected chi connectivity index (χ2v) is 4.48. The normalized spacial score (nSPS) is 11.5. The predicted molar refractivity (Wildman–Crippen MR) is 56.4 cm³/mol. The van der Waals surface area contributed by atoms with E-state index in [9.17, 15) is 4.79 Å². The fourth-order valence-electron chi connectivity index (χ4n) is 1.52. The molecule has 0 atom stereocenters. The van der Waals surface area contributed by atoms with Gasteiger partial charge in [0.15, 0.2) is 0 Å². The summed E-state index contributed by atoms with van der Waals surface area (Å²) >= 11 is 0. The lowest BCUT2D eigenvalue weighted by Gasteiger charge is -2.25. The molecule has 0 aromatic heterocycles. The molecular weight excluding hydrogens is 162 g/mol. The Morgan fingerprint density at radius 3 is 2.46 bits per heavy atom. The predicted octanol–water partition coefficient (Wildman–Crippen LogP) is 2.36. The topological polar surface area (TPSA) is 29.1 Å². The SMILES string of the molecule is C=CCNC(=O)C(C)(C)CC(C)C. The Morgan fingerprint density at radius 1 is 1.54 bits per heavy atom. The lowest BCUT2D eigenvalue weighted by Crippen LogP contribution is -2.37. The van der Waals surface area contributed by atoms with Crippen LogP contribution in [0.4, 0.5) is 0 Å². The number of amides is 1. The van der Waals surface area contributed by atoms with E-state index in [1.165, 1.54) is 0 Å². The van der Waals surface area contributed by atoms with Crippen molar-refractivity contribution in [2.24, 2.45) is 11.3 Å². The van der Waals surface area contributed by atoms with Gasteiger partial charge >= 0.3 is 0 Å². The highest BCUT2D eigenvalue weighted by Gasteiger charge is 2.27. The van der Waals surface area contributed by atoms with E-state index in [2.05, 4.69) is 25.7 Å². The third kappa shape index (κ3) is 4.71. The monoisotopic (exact) mass is 183 g/mol. The Labute approximate surface area is 81.4 Å². The van der Waals surface area contributed by atoms with Crippen molar-refractivity contribution >= 4 is 5.91 Å². The van der Waals surface area contributed by atoms with Gasteiger partial charge in [-0.2, -0.15) is 0 Å². The molecule has 0 unspecified atom stereocenters. The Balaban J connectivity index is 4.10. The maximum absolute atomic E-state index is 11.6. The fraction of sp³-hybridized carbons (Fsp3) is 0.727. The highest BCUT2D eigenvalue weighted by atomic mass is 16.2. The molecule has 0 aliphatic carbocycles. The standard InChI is InChI=1S/C11H21NO/c1-6-7-12-10(13)11(4,5)8-9(2)3/h6,9H,1,7-8H2,2-5H3,(H,12,13). The minimum Gasteiger partial charge on any atom is -0.352 e. The van der Waals surface area contributed by atoms with Crippen LogP contribution in [0, 0.1) is 11.3 Å². The highest BCUT2D eigenvalue weighted by Crippen LogP contribution is 2.25. The first kappa shape index (κ1) is 12.2. The van der Waals surface area contributed by atoms with Crippen LogP contribution in [0.3, 0.4) is 0 Å². The van der Waals surface area contributed by atoms with Crippen molar-refractivity contribution in [2.45, 2.75) is 34.1 Å². The molecule has 0 spiro atoms.